The van der Waals surface area contributed by atoms with E-state index in [1.165, 1.54) is 30.6 Å². The van der Waals surface area contributed by atoms with E-state index < -0.39 is 0 Å². The summed E-state index contributed by atoms with van der Waals surface area (Å²) < 4.78 is 0. The van der Waals surface area contributed by atoms with Gasteiger partial charge in [0.25, 0.3) is 0 Å². The van der Waals surface area contributed by atoms with Crippen molar-refractivity contribution >= 4 is 11.8 Å². The van der Waals surface area contributed by atoms with Crippen molar-refractivity contribution in [2.45, 2.75) is 50.4 Å². The van der Waals surface area contributed by atoms with Gasteiger partial charge in [-0.25, -0.2) is 0 Å². The second-order valence-corrected chi connectivity index (χ2v) is 6.67. The summed E-state index contributed by atoms with van der Waals surface area (Å²) in [6, 6.07) is 11.1. The number of hydrogen-bond donors (Lipinski definition) is 1. The molecule has 1 N–H and O–H groups in total. The lowest BCUT2D eigenvalue weighted by Gasteiger charge is -2.25. The zero-order valence-electron chi connectivity index (χ0n) is 11.7. The van der Waals surface area contributed by atoms with Gasteiger partial charge in [-0.3, -0.25) is 0 Å². The zero-order chi connectivity index (χ0) is 13.7. The van der Waals surface area contributed by atoms with Crippen LogP contribution in [0.4, 0.5) is 0 Å². The van der Waals surface area contributed by atoms with Crippen LogP contribution in [0.15, 0.2) is 24.3 Å². The minimum atomic E-state index is 0.316. The van der Waals surface area contributed by atoms with Gasteiger partial charge in [0.1, 0.15) is 0 Å². The summed E-state index contributed by atoms with van der Waals surface area (Å²) in [6.45, 7) is 4.43. The summed E-state index contributed by atoms with van der Waals surface area (Å²) in [6.07, 6.45) is 3.95. The number of hydrogen-bond acceptors (Lipinski definition) is 3. The van der Waals surface area contributed by atoms with Crippen LogP contribution in [0, 0.1) is 11.3 Å². The first kappa shape index (κ1) is 14.4. The van der Waals surface area contributed by atoms with E-state index in [9.17, 15) is 0 Å². The van der Waals surface area contributed by atoms with E-state index in [0.29, 0.717) is 12.1 Å². The van der Waals surface area contributed by atoms with Crippen LogP contribution in [-0.2, 0) is 0 Å². The molecule has 1 aliphatic rings. The molecule has 0 heterocycles. The fourth-order valence-electron chi connectivity index (χ4n) is 2.83. The lowest BCUT2D eigenvalue weighted by atomic mass is 10.0. The summed E-state index contributed by atoms with van der Waals surface area (Å²) >= 11 is 2.08. The summed E-state index contributed by atoms with van der Waals surface area (Å²) in [5.74, 6) is 1.20. The smallest absolute Gasteiger partial charge is 0.0991 e. The first-order valence-electron chi connectivity index (χ1n) is 7.12. The van der Waals surface area contributed by atoms with Crippen molar-refractivity contribution in [1.82, 2.24) is 5.32 Å². The maximum absolute atomic E-state index is 8.97. The van der Waals surface area contributed by atoms with E-state index in [1.807, 2.05) is 18.2 Å². The Kier molecular flexibility index (Phi) is 5.30. The van der Waals surface area contributed by atoms with Crippen molar-refractivity contribution in [2.24, 2.45) is 0 Å². The third-order valence-corrected chi connectivity index (χ3v) is 5.14. The maximum atomic E-state index is 8.97. The largest absolute Gasteiger partial charge is 0.306 e. The van der Waals surface area contributed by atoms with E-state index in [4.69, 9.17) is 5.26 Å². The molecular formula is C16H22N2S. The molecule has 0 amide bonds. The van der Waals surface area contributed by atoms with E-state index >= 15 is 0 Å². The minimum Gasteiger partial charge on any atom is -0.306 e. The van der Waals surface area contributed by atoms with Gasteiger partial charge < -0.3 is 5.32 Å². The molecule has 3 atom stereocenters. The fraction of sp³-hybridized carbons (Fsp3) is 0.562. The van der Waals surface area contributed by atoms with E-state index in [1.54, 1.807) is 0 Å². The highest BCUT2D eigenvalue weighted by Crippen LogP contribution is 2.31. The van der Waals surface area contributed by atoms with Crippen molar-refractivity contribution in [1.29, 1.82) is 5.26 Å². The third kappa shape index (κ3) is 3.75. The Hall–Kier alpha value is -0.980. The molecule has 3 unspecified atom stereocenters. The Bertz CT molecular complexity index is 452. The van der Waals surface area contributed by atoms with Crippen molar-refractivity contribution < 1.29 is 0 Å². The van der Waals surface area contributed by atoms with E-state index in [2.05, 4.69) is 43.1 Å². The monoisotopic (exact) mass is 274 g/mol. The molecule has 1 fully saturated rings. The molecule has 3 heteroatoms. The molecule has 0 bridgehead atoms. The summed E-state index contributed by atoms with van der Waals surface area (Å²) in [4.78, 5) is 0. The Morgan fingerprint density at radius 3 is 3.05 bits per heavy atom. The molecule has 2 rings (SSSR count). The Balaban J connectivity index is 2.00. The predicted octanol–water partition coefficient (Wildman–Crippen LogP) is 3.88. The average molecular weight is 274 g/mol. The van der Waals surface area contributed by atoms with Gasteiger partial charge in [0.2, 0.25) is 0 Å². The van der Waals surface area contributed by atoms with Crippen LogP contribution in [0.5, 0.6) is 0 Å². The molecule has 102 valence electrons. The Morgan fingerprint density at radius 2 is 2.32 bits per heavy atom. The predicted molar refractivity (Wildman–Crippen MR) is 82.3 cm³/mol. The molecule has 1 aromatic carbocycles. The van der Waals surface area contributed by atoms with Gasteiger partial charge in [-0.2, -0.15) is 17.0 Å². The maximum Gasteiger partial charge on any atom is 0.0991 e. The van der Waals surface area contributed by atoms with Gasteiger partial charge in [0.05, 0.1) is 11.6 Å². The number of rotatable bonds is 5. The molecule has 0 spiro atoms. The van der Waals surface area contributed by atoms with Gasteiger partial charge in [-0.1, -0.05) is 25.5 Å². The van der Waals surface area contributed by atoms with E-state index in [0.717, 1.165) is 10.8 Å². The summed E-state index contributed by atoms with van der Waals surface area (Å²) in [5.41, 5.74) is 1.96. The van der Waals surface area contributed by atoms with Crippen LogP contribution in [0.3, 0.4) is 0 Å². The molecule has 19 heavy (non-hydrogen) atoms. The topological polar surface area (TPSA) is 35.8 Å². The van der Waals surface area contributed by atoms with Crippen LogP contribution >= 0.6 is 11.8 Å². The van der Waals surface area contributed by atoms with Gasteiger partial charge in [0, 0.05) is 17.3 Å². The minimum absolute atomic E-state index is 0.316. The molecule has 1 aliphatic carbocycles. The standard InChI is InChI=1S/C16H22N2S/c1-3-19-16-9-5-8-15(16)18-12(2)14-7-4-6-13(10-14)11-17/h4,6-7,10,12,15-16,18H,3,5,8-9H2,1-2H3. The molecule has 0 aromatic heterocycles. The molecule has 0 saturated heterocycles. The fourth-order valence-corrected chi connectivity index (χ4v) is 4.03. The zero-order valence-corrected chi connectivity index (χ0v) is 12.5. The van der Waals surface area contributed by atoms with Gasteiger partial charge in [0.15, 0.2) is 0 Å². The highest BCUT2D eigenvalue weighted by atomic mass is 32.2. The van der Waals surface area contributed by atoms with Crippen molar-refractivity contribution in [3.05, 3.63) is 35.4 Å². The molecule has 0 aliphatic heterocycles. The van der Waals surface area contributed by atoms with Crippen molar-refractivity contribution in [3.63, 3.8) is 0 Å². The first-order valence-corrected chi connectivity index (χ1v) is 8.17. The SMILES string of the molecule is CCSC1CCCC1NC(C)c1cccc(C#N)c1. The first-order chi connectivity index (χ1) is 9.24. The average Bonchev–Trinajstić information content (AvgIpc) is 2.86. The number of nitrogens with one attached hydrogen (secondary N) is 1. The van der Waals surface area contributed by atoms with Crippen molar-refractivity contribution in [3.8, 4) is 6.07 Å². The van der Waals surface area contributed by atoms with E-state index in [-0.39, 0.29) is 0 Å². The lowest BCUT2D eigenvalue weighted by Crippen LogP contribution is -2.36. The Labute approximate surface area is 120 Å². The quantitative estimate of drug-likeness (QED) is 0.885. The number of benzene rings is 1. The van der Waals surface area contributed by atoms with Crippen LogP contribution in [0.2, 0.25) is 0 Å². The van der Waals surface area contributed by atoms with Crippen LogP contribution in [0.1, 0.15) is 50.3 Å². The van der Waals surface area contributed by atoms with Gasteiger partial charge >= 0.3 is 0 Å². The number of nitrogens with zero attached hydrogens (tertiary/aromatic N) is 1. The van der Waals surface area contributed by atoms with Gasteiger partial charge in [-0.05, 0) is 43.2 Å². The molecular weight excluding hydrogens is 252 g/mol. The lowest BCUT2D eigenvalue weighted by molar-refractivity contribution is 0.467. The van der Waals surface area contributed by atoms with Gasteiger partial charge in [-0.15, -0.1) is 0 Å². The Morgan fingerprint density at radius 1 is 1.47 bits per heavy atom. The van der Waals surface area contributed by atoms with Crippen LogP contribution in [-0.4, -0.2) is 17.0 Å². The van der Waals surface area contributed by atoms with Crippen molar-refractivity contribution in [2.75, 3.05) is 5.75 Å². The highest BCUT2D eigenvalue weighted by molar-refractivity contribution is 7.99. The summed E-state index contributed by atoms with van der Waals surface area (Å²) in [5, 5.41) is 13.5. The normalized spacial score (nSPS) is 24.1. The number of nitriles is 1. The molecule has 0 radical (unpaired) electrons. The molecule has 1 aromatic rings. The highest BCUT2D eigenvalue weighted by Gasteiger charge is 2.28. The molecule has 2 nitrogen and oxygen atoms in total. The second-order valence-electron chi connectivity index (χ2n) is 5.16. The molecule has 1 saturated carbocycles. The third-order valence-electron chi connectivity index (χ3n) is 3.81. The summed E-state index contributed by atoms with van der Waals surface area (Å²) in [7, 11) is 0. The van der Waals surface area contributed by atoms with Crippen LogP contribution in [0.25, 0.3) is 0 Å². The van der Waals surface area contributed by atoms with Crippen LogP contribution < -0.4 is 5.32 Å². The second kappa shape index (κ2) is 6.98. The number of thioether (sulfide) groups is 1.